The zero-order valence-corrected chi connectivity index (χ0v) is 17.0. The first-order valence-corrected chi connectivity index (χ1v) is 9.94. The highest BCUT2D eigenvalue weighted by molar-refractivity contribution is 6.05. The van der Waals surface area contributed by atoms with Crippen molar-refractivity contribution in [2.75, 3.05) is 24.5 Å². The maximum Gasteiger partial charge on any atom is 0.410 e. The predicted octanol–water partition coefficient (Wildman–Crippen LogP) is 3.39. The Labute approximate surface area is 169 Å². The lowest BCUT2D eigenvalue weighted by atomic mass is 9.56. The fourth-order valence-electron chi connectivity index (χ4n) is 4.49. The van der Waals surface area contributed by atoms with Gasteiger partial charge in [-0.25, -0.2) is 14.0 Å². The number of nitrogens with zero attached hydrogens (tertiary/aromatic N) is 2. The van der Waals surface area contributed by atoms with E-state index < -0.39 is 17.4 Å². The Balaban J connectivity index is 1.34. The molecule has 156 valence electrons. The zero-order chi connectivity index (χ0) is 21.0. The molecule has 2 saturated heterocycles. The van der Waals surface area contributed by atoms with Crippen molar-refractivity contribution >= 4 is 23.7 Å². The van der Waals surface area contributed by atoms with Crippen molar-refractivity contribution < 1.29 is 23.5 Å². The highest BCUT2D eigenvalue weighted by atomic mass is 19.1. The van der Waals surface area contributed by atoms with E-state index in [1.165, 1.54) is 11.0 Å². The fraction of sp³-hybridized carbons (Fsp3) is 0.571. The maximum absolute atomic E-state index is 14.7. The van der Waals surface area contributed by atoms with Gasteiger partial charge in [-0.15, -0.1) is 0 Å². The standard InChI is InChI=1S/C21H26FN3O4/c1-20(2,3)29-19(28)24-11-21(12-24)9-14(10-21)13-4-5-16(15(22)8-13)25-7-6-17(26)23-18(25)27/h4-5,8,14H,6-7,9-12H2,1-3H3,(H,23,26,27). The van der Waals surface area contributed by atoms with Gasteiger partial charge in [0, 0.05) is 31.5 Å². The topological polar surface area (TPSA) is 79.0 Å². The van der Waals surface area contributed by atoms with Crippen molar-refractivity contribution in [1.82, 2.24) is 10.2 Å². The molecule has 1 spiro atoms. The van der Waals surface area contributed by atoms with Gasteiger partial charge < -0.3 is 9.64 Å². The number of imide groups is 1. The second-order valence-corrected chi connectivity index (χ2v) is 9.41. The van der Waals surface area contributed by atoms with Gasteiger partial charge in [0.25, 0.3) is 0 Å². The minimum atomic E-state index is -0.591. The summed E-state index contributed by atoms with van der Waals surface area (Å²) >= 11 is 0. The first-order chi connectivity index (χ1) is 13.6. The van der Waals surface area contributed by atoms with Crippen LogP contribution in [0.15, 0.2) is 18.2 Å². The number of hydrogen-bond acceptors (Lipinski definition) is 4. The van der Waals surface area contributed by atoms with Gasteiger partial charge in [-0.3, -0.25) is 15.0 Å². The number of carbonyl (C=O) groups excluding carboxylic acids is 3. The van der Waals surface area contributed by atoms with Gasteiger partial charge in [-0.2, -0.15) is 0 Å². The smallest absolute Gasteiger partial charge is 0.410 e. The summed E-state index contributed by atoms with van der Waals surface area (Å²) in [5, 5.41) is 2.21. The molecule has 2 aliphatic heterocycles. The van der Waals surface area contributed by atoms with Crippen LogP contribution in [0.25, 0.3) is 0 Å². The van der Waals surface area contributed by atoms with Crippen LogP contribution in [0, 0.1) is 11.2 Å². The molecule has 0 unspecified atom stereocenters. The number of urea groups is 1. The summed E-state index contributed by atoms with van der Waals surface area (Å²) < 4.78 is 20.1. The van der Waals surface area contributed by atoms with E-state index in [2.05, 4.69) is 5.32 Å². The van der Waals surface area contributed by atoms with Crippen molar-refractivity contribution in [1.29, 1.82) is 0 Å². The van der Waals surface area contributed by atoms with Crippen molar-refractivity contribution in [3.63, 3.8) is 0 Å². The molecule has 1 saturated carbocycles. The zero-order valence-electron chi connectivity index (χ0n) is 17.0. The number of benzene rings is 1. The minimum Gasteiger partial charge on any atom is -0.444 e. The van der Waals surface area contributed by atoms with Gasteiger partial charge in [-0.05, 0) is 57.2 Å². The van der Waals surface area contributed by atoms with Gasteiger partial charge in [0.05, 0.1) is 5.69 Å². The monoisotopic (exact) mass is 403 g/mol. The van der Waals surface area contributed by atoms with E-state index in [-0.39, 0.29) is 42.0 Å². The van der Waals surface area contributed by atoms with E-state index in [1.807, 2.05) is 26.8 Å². The third kappa shape index (κ3) is 3.80. The Morgan fingerprint density at radius 2 is 1.93 bits per heavy atom. The lowest BCUT2D eigenvalue weighted by Crippen LogP contribution is -2.63. The Bertz CT molecular complexity index is 865. The Morgan fingerprint density at radius 3 is 2.52 bits per heavy atom. The molecule has 1 aliphatic carbocycles. The molecule has 29 heavy (non-hydrogen) atoms. The van der Waals surface area contributed by atoms with Gasteiger partial charge in [0.2, 0.25) is 5.91 Å². The predicted molar refractivity (Wildman–Crippen MR) is 104 cm³/mol. The summed E-state index contributed by atoms with van der Waals surface area (Å²) in [6, 6.07) is 4.36. The molecule has 4 rings (SSSR count). The summed E-state index contributed by atoms with van der Waals surface area (Å²) in [7, 11) is 0. The molecule has 1 aromatic rings. The number of hydrogen-bond donors (Lipinski definition) is 1. The van der Waals surface area contributed by atoms with Crippen LogP contribution >= 0.6 is 0 Å². The number of carbonyl (C=O) groups is 3. The first-order valence-electron chi connectivity index (χ1n) is 9.94. The SMILES string of the molecule is CC(C)(C)OC(=O)N1CC2(CC(c3ccc(N4CCC(=O)NC4=O)c(F)c3)C2)C1. The lowest BCUT2D eigenvalue weighted by molar-refractivity contribution is -0.120. The number of anilines is 1. The minimum absolute atomic E-state index is 0.115. The van der Waals surface area contributed by atoms with E-state index >= 15 is 0 Å². The third-order valence-corrected chi connectivity index (χ3v) is 5.85. The maximum atomic E-state index is 14.7. The van der Waals surface area contributed by atoms with Crippen molar-refractivity contribution in [2.45, 2.75) is 51.6 Å². The van der Waals surface area contributed by atoms with Gasteiger partial charge in [-0.1, -0.05) is 6.07 Å². The average molecular weight is 403 g/mol. The Kier molecular flexibility index (Phi) is 4.55. The second-order valence-electron chi connectivity index (χ2n) is 9.41. The number of nitrogens with one attached hydrogen (secondary N) is 1. The van der Waals surface area contributed by atoms with Crippen LogP contribution in [-0.4, -0.2) is 48.2 Å². The molecule has 2 heterocycles. The molecule has 7 nitrogen and oxygen atoms in total. The second kappa shape index (κ2) is 6.71. The molecule has 3 aliphatic rings. The van der Waals surface area contributed by atoms with E-state index in [0.717, 1.165) is 18.4 Å². The van der Waals surface area contributed by atoms with Crippen molar-refractivity contribution in [3.05, 3.63) is 29.6 Å². The van der Waals surface area contributed by atoms with Gasteiger partial charge in [0.15, 0.2) is 0 Å². The molecular formula is C21H26FN3O4. The van der Waals surface area contributed by atoms with Gasteiger partial charge >= 0.3 is 12.1 Å². The molecule has 0 radical (unpaired) electrons. The summed E-state index contributed by atoms with van der Waals surface area (Å²) in [5.41, 5.74) is 0.706. The summed E-state index contributed by atoms with van der Waals surface area (Å²) in [6.45, 7) is 7.09. The van der Waals surface area contributed by atoms with Crippen LogP contribution in [0.3, 0.4) is 0 Å². The summed E-state index contributed by atoms with van der Waals surface area (Å²) in [4.78, 5) is 38.3. The third-order valence-electron chi connectivity index (χ3n) is 5.85. The van der Waals surface area contributed by atoms with Gasteiger partial charge in [0.1, 0.15) is 11.4 Å². The van der Waals surface area contributed by atoms with E-state index in [9.17, 15) is 18.8 Å². The van der Waals surface area contributed by atoms with Crippen molar-refractivity contribution in [3.8, 4) is 0 Å². The van der Waals surface area contributed by atoms with E-state index in [0.29, 0.717) is 13.1 Å². The molecule has 0 aromatic heterocycles. The largest absolute Gasteiger partial charge is 0.444 e. The number of ether oxygens (including phenoxy) is 1. The number of halogens is 1. The molecule has 1 N–H and O–H groups in total. The summed E-state index contributed by atoms with van der Waals surface area (Å²) in [5.74, 6) is -0.558. The Morgan fingerprint density at radius 1 is 1.24 bits per heavy atom. The van der Waals surface area contributed by atoms with Crippen LogP contribution in [0.5, 0.6) is 0 Å². The molecule has 4 amide bonds. The van der Waals surface area contributed by atoms with Crippen LogP contribution in [0.1, 0.15) is 51.5 Å². The lowest BCUT2D eigenvalue weighted by Gasteiger charge is -2.59. The van der Waals surface area contributed by atoms with E-state index in [4.69, 9.17) is 4.74 Å². The number of likely N-dealkylation sites (tertiary alicyclic amines) is 1. The average Bonchev–Trinajstić information content (AvgIpc) is 2.51. The summed E-state index contributed by atoms with van der Waals surface area (Å²) in [6.07, 6.45) is 1.69. The van der Waals surface area contributed by atoms with Crippen LogP contribution in [0.2, 0.25) is 0 Å². The normalized spacial score (nSPS) is 21.5. The molecule has 3 fully saturated rings. The molecule has 1 aromatic carbocycles. The van der Waals surface area contributed by atoms with E-state index in [1.54, 1.807) is 11.0 Å². The van der Waals surface area contributed by atoms with Crippen molar-refractivity contribution in [2.24, 2.45) is 5.41 Å². The highest BCUT2D eigenvalue weighted by Crippen LogP contribution is 2.56. The van der Waals surface area contributed by atoms with Crippen LogP contribution < -0.4 is 10.2 Å². The molecule has 8 heteroatoms. The molecular weight excluding hydrogens is 377 g/mol. The quantitative estimate of drug-likeness (QED) is 0.821. The number of amides is 4. The Hall–Kier alpha value is -2.64. The highest BCUT2D eigenvalue weighted by Gasteiger charge is 2.54. The molecule has 0 bridgehead atoms. The number of rotatable bonds is 2. The molecule has 0 atom stereocenters. The van der Waals surface area contributed by atoms with Crippen LogP contribution in [-0.2, 0) is 9.53 Å². The fourth-order valence-corrected chi connectivity index (χ4v) is 4.49. The first kappa shape index (κ1) is 19.7. The van der Waals surface area contributed by atoms with Crippen LogP contribution in [0.4, 0.5) is 19.7 Å².